The molecule has 0 bridgehead atoms. The summed E-state index contributed by atoms with van der Waals surface area (Å²) in [5.41, 5.74) is 2.87. The molecule has 3 aromatic rings. The molecule has 0 aliphatic carbocycles. The highest BCUT2D eigenvalue weighted by Crippen LogP contribution is 2.26. The first kappa shape index (κ1) is 19.2. The van der Waals surface area contributed by atoms with E-state index < -0.39 is 0 Å². The molecular formula is C22H28N4OS. The van der Waals surface area contributed by atoms with Crippen molar-refractivity contribution in [3.8, 4) is 0 Å². The van der Waals surface area contributed by atoms with Gasteiger partial charge in [-0.05, 0) is 69.4 Å². The lowest BCUT2D eigenvalue weighted by Crippen LogP contribution is -2.26. The van der Waals surface area contributed by atoms with Crippen LogP contribution in [-0.2, 0) is 6.54 Å². The van der Waals surface area contributed by atoms with Gasteiger partial charge in [-0.3, -0.25) is 9.69 Å². The highest BCUT2D eigenvalue weighted by atomic mass is 32.1. The molecule has 4 rings (SSSR count). The molecule has 1 aromatic carbocycles. The van der Waals surface area contributed by atoms with Gasteiger partial charge in [0.25, 0.3) is 5.91 Å². The van der Waals surface area contributed by atoms with Gasteiger partial charge in [0.05, 0.1) is 22.5 Å². The van der Waals surface area contributed by atoms with E-state index in [0.717, 1.165) is 47.1 Å². The Morgan fingerprint density at radius 2 is 1.96 bits per heavy atom. The standard InChI is InChI=1S/C22H28N4OS/c1-16(2)26-19-10-9-17(23-22(27)20-8-7-13-28-20)14-18(19)24-21(26)15-25-11-5-3-4-6-12-25/h7-10,13-14,16H,3-6,11-12,15H2,1-2H3,(H,23,27). The van der Waals surface area contributed by atoms with Crippen molar-refractivity contribution in [1.29, 1.82) is 0 Å². The number of hydrogen-bond donors (Lipinski definition) is 1. The molecular weight excluding hydrogens is 368 g/mol. The fourth-order valence-electron chi connectivity index (χ4n) is 4.01. The summed E-state index contributed by atoms with van der Waals surface area (Å²) in [5, 5.41) is 4.91. The molecule has 28 heavy (non-hydrogen) atoms. The molecule has 0 unspecified atom stereocenters. The number of fused-ring (bicyclic) bond motifs is 1. The Labute approximate surface area is 170 Å². The van der Waals surface area contributed by atoms with Gasteiger partial charge in [-0.2, -0.15) is 0 Å². The van der Waals surface area contributed by atoms with Gasteiger partial charge in [0.2, 0.25) is 0 Å². The normalized spacial score (nSPS) is 15.8. The maximum absolute atomic E-state index is 12.4. The minimum absolute atomic E-state index is 0.0672. The van der Waals surface area contributed by atoms with Crippen molar-refractivity contribution in [2.45, 2.75) is 52.1 Å². The summed E-state index contributed by atoms with van der Waals surface area (Å²) in [6.07, 6.45) is 5.23. The van der Waals surface area contributed by atoms with Crippen molar-refractivity contribution in [3.63, 3.8) is 0 Å². The predicted octanol–water partition coefficient (Wildman–Crippen LogP) is 5.31. The van der Waals surface area contributed by atoms with Gasteiger partial charge in [0.15, 0.2) is 0 Å². The molecule has 0 radical (unpaired) electrons. The van der Waals surface area contributed by atoms with E-state index in [1.165, 1.54) is 37.0 Å². The van der Waals surface area contributed by atoms with Gasteiger partial charge in [-0.25, -0.2) is 4.98 Å². The Morgan fingerprint density at radius 3 is 2.64 bits per heavy atom. The molecule has 3 heterocycles. The topological polar surface area (TPSA) is 50.2 Å². The molecule has 1 amide bonds. The Kier molecular flexibility index (Phi) is 5.78. The summed E-state index contributed by atoms with van der Waals surface area (Å²) in [5.74, 6) is 1.05. The van der Waals surface area contributed by atoms with E-state index in [-0.39, 0.29) is 5.91 Å². The second kappa shape index (κ2) is 8.45. The smallest absolute Gasteiger partial charge is 0.265 e. The largest absolute Gasteiger partial charge is 0.324 e. The number of carbonyl (C=O) groups is 1. The van der Waals surface area contributed by atoms with Crippen LogP contribution in [-0.4, -0.2) is 33.4 Å². The van der Waals surface area contributed by atoms with Crippen LogP contribution in [0.25, 0.3) is 11.0 Å². The molecule has 1 fully saturated rings. The molecule has 0 spiro atoms. The number of aromatic nitrogens is 2. The minimum Gasteiger partial charge on any atom is -0.324 e. The Morgan fingerprint density at radius 1 is 1.18 bits per heavy atom. The second-order valence-electron chi connectivity index (χ2n) is 7.82. The second-order valence-corrected chi connectivity index (χ2v) is 8.76. The van der Waals surface area contributed by atoms with Crippen molar-refractivity contribution in [1.82, 2.24) is 14.5 Å². The summed E-state index contributed by atoms with van der Waals surface area (Å²) in [6.45, 7) is 7.62. The van der Waals surface area contributed by atoms with Crippen LogP contribution in [0.15, 0.2) is 35.7 Å². The highest BCUT2D eigenvalue weighted by molar-refractivity contribution is 7.12. The Bertz CT molecular complexity index is 937. The van der Waals surface area contributed by atoms with E-state index in [4.69, 9.17) is 4.98 Å². The molecule has 2 aromatic heterocycles. The van der Waals surface area contributed by atoms with Gasteiger partial charge < -0.3 is 9.88 Å². The molecule has 1 aliphatic heterocycles. The number of rotatable bonds is 5. The average molecular weight is 397 g/mol. The third-order valence-electron chi connectivity index (χ3n) is 5.35. The zero-order chi connectivity index (χ0) is 19.5. The third-order valence-corrected chi connectivity index (χ3v) is 6.21. The number of thiophene rings is 1. The fourth-order valence-corrected chi connectivity index (χ4v) is 4.63. The van der Waals surface area contributed by atoms with E-state index in [9.17, 15) is 4.79 Å². The zero-order valence-corrected chi connectivity index (χ0v) is 17.5. The fraction of sp³-hybridized carbons (Fsp3) is 0.455. The van der Waals surface area contributed by atoms with Crippen LogP contribution in [0.3, 0.4) is 0 Å². The summed E-state index contributed by atoms with van der Waals surface area (Å²) in [4.78, 5) is 20.6. The number of amides is 1. The number of anilines is 1. The van der Waals surface area contributed by atoms with Crippen LogP contribution in [0, 0.1) is 0 Å². The number of hydrogen-bond acceptors (Lipinski definition) is 4. The molecule has 148 valence electrons. The van der Waals surface area contributed by atoms with Crippen molar-refractivity contribution >= 4 is 34.0 Å². The minimum atomic E-state index is -0.0672. The lowest BCUT2D eigenvalue weighted by atomic mass is 10.2. The first-order valence-corrected chi connectivity index (χ1v) is 11.1. The van der Waals surface area contributed by atoms with Crippen LogP contribution in [0.4, 0.5) is 5.69 Å². The SMILES string of the molecule is CC(C)n1c(CN2CCCCCC2)nc2cc(NC(=O)c3cccs3)ccc21. The van der Waals surface area contributed by atoms with Crippen LogP contribution in [0.2, 0.25) is 0 Å². The maximum atomic E-state index is 12.4. The third kappa shape index (κ3) is 4.13. The number of carbonyl (C=O) groups excluding carboxylic acids is 1. The van der Waals surface area contributed by atoms with Gasteiger partial charge >= 0.3 is 0 Å². The monoisotopic (exact) mass is 396 g/mol. The van der Waals surface area contributed by atoms with E-state index in [1.807, 2.05) is 29.6 Å². The quantitative estimate of drug-likeness (QED) is 0.636. The maximum Gasteiger partial charge on any atom is 0.265 e. The number of benzene rings is 1. The first-order valence-electron chi connectivity index (χ1n) is 10.2. The molecule has 0 atom stereocenters. The van der Waals surface area contributed by atoms with Crippen LogP contribution >= 0.6 is 11.3 Å². The van der Waals surface area contributed by atoms with Gasteiger partial charge in [0, 0.05) is 11.7 Å². The molecule has 0 saturated carbocycles. The lowest BCUT2D eigenvalue weighted by molar-refractivity contribution is 0.103. The summed E-state index contributed by atoms with van der Waals surface area (Å²) < 4.78 is 2.34. The molecule has 5 nitrogen and oxygen atoms in total. The van der Waals surface area contributed by atoms with Crippen LogP contribution in [0.1, 0.15) is 61.1 Å². The number of nitrogens with zero attached hydrogens (tertiary/aromatic N) is 3. The average Bonchev–Trinajstić information content (AvgIpc) is 3.24. The van der Waals surface area contributed by atoms with Crippen LogP contribution in [0.5, 0.6) is 0 Å². The molecule has 1 saturated heterocycles. The predicted molar refractivity (Wildman–Crippen MR) is 116 cm³/mol. The number of likely N-dealkylation sites (tertiary alicyclic amines) is 1. The molecule has 1 aliphatic rings. The van der Waals surface area contributed by atoms with Crippen molar-refractivity contribution in [2.75, 3.05) is 18.4 Å². The summed E-state index contributed by atoms with van der Waals surface area (Å²) in [7, 11) is 0. The Hall–Kier alpha value is -2.18. The van der Waals surface area contributed by atoms with E-state index in [1.54, 1.807) is 0 Å². The van der Waals surface area contributed by atoms with Gasteiger partial charge in [-0.15, -0.1) is 11.3 Å². The molecule has 6 heteroatoms. The van der Waals surface area contributed by atoms with E-state index in [0.29, 0.717) is 6.04 Å². The van der Waals surface area contributed by atoms with Gasteiger partial charge in [-0.1, -0.05) is 18.9 Å². The number of nitrogens with one attached hydrogen (secondary N) is 1. The zero-order valence-electron chi connectivity index (χ0n) is 16.6. The van der Waals surface area contributed by atoms with E-state index >= 15 is 0 Å². The Balaban J connectivity index is 1.60. The number of imidazole rings is 1. The van der Waals surface area contributed by atoms with E-state index in [2.05, 4.69) is 34.7 Å². The van der Waals surface area contributed by atoms with Crippen LogP contribution < -0.4 is 5.32 Å². The highest BCUT2D eigenvalue weighted by Gasteiger charge is 2.18. The van der Waals surface area contributed by atoms with Crippen molar-refractivity contribution < 1.29 is 4.79 Å². The summed E-state index contributed by atoms with van der Waals surface area (Å²) in [6, 6.07) is 10.1. The summed E-state index contributed by atoms with van der Waals surface area (Å²) >= 11 is 1.45. The van der Waals surface area contributed by atoms with Crippen molar-refractivity contribution in [2.24, 2.45) is 0 Å². The lowest BCUT2D eigenvalue weighted by Gasteiger charge is -2.21. The molecule has 1 N–H and O–H groups in total. The van der Waals surface area contributed by atoms with Gasteiger partial charge in [0.1, 0.15) is 5.82 Å². The first-order chi connectivity index (χ1) is 13.6. The van der Waals surface area contributed by atoms with Crippen molar-refractivity contribution in [3.05, 3.63) is 46.4 Å².